The summed E-state index contributed by atoms with van der Waals surface area (Å²) < 4.78 is 0. The van der Waals surface area contributed by atoms with Crippen molar-refractivity contribution < 1.29 is 0 Å². The Morgan fingerprint density at radius 1 is 1.77 bits per heavy atom. The van der Waals surface area contributed by atoms with Crippen molar-refractivity contribution in [2.75, 3.05) is 7.05 Å². The van der Waals surface area contributed by atoms with Crippen molar-refractivity contribution in [1.82, 2.24) is 9.88 Å². The Hall–Kier alpha value is -0.920. The van der Waals surface area contributed by atoms with E-state index in [1.807, 2.05) is 31.3 Å². The highest BCUT2D eigenvalue weighted by molar-refractivity contribution is 7.09. The van der Waals surface area contributed by atoms with E-state index in [4.69, 9.17) is 5.26 Å². The van der Waals surface area contributed by atoms with Gasteiger partial charge >= 0.3 is 0 Å². The Bertz CT molecular complexity index is 313. The zero-order valence-corrected chi connectivity index (χ0v) is 8.93. The summed E-state index contributed by atoms with van der Waals surface area (Å²) in [6.45, 7) is 4.71. The van der Waals surface area contributed by atoms with E-state index >= 15 is 0 Å². The molecule has 1 unspecified atom stereocenters. The van der Waals surface area contributed by atoms with Crippen LogP contribution in [0.25, 0.3) is 0 Å². The lowest BCUT2D eigenvalue weighted by Gasteiger charge is -2.17. The van der Waals surface area contributed by atoms with E-state index in [0.717, 1.165) is 12.2 Å². The Morgan fingerprint density at radius 2 is 2.46 bits per heavy atom. The van der Waals surface area contributed by atoms with Gasteiger partial charge in [0.15, 0.2) is 0 Å². The van der Waals surface area contributed by atoms with Crippen LogP contribution in [0.1, 0.15) is 17.5 Å². The van der Waals surface area contributed by atoms with Crippen LogP contribution in [0.4, 0.5) is 0 Å². The van der Waals surface area contributed by atoms with Crippen LogP contribution in [0.2, 0.25) is 0 Å². The Kier molecular flexibility index (Phi) is 3.40. The maximum Gasteiger partial charge on any atom is 0.0950 e. The molecular formula is C9H13N3S. The molecule has 0 N–H and O–H groups in total. The molecule has 0 bridgehead atoms. The average molecular weight is 195 g/mol. The van der Waals surface area contributed by atoms with Crippen LogP contribution in [-0.4, -0.2) is 23.0 Å². The molecule has 13 heavy (non-hydrogen) atoms. The van der Waals surface area contributed by atoms with Gasteiger partial charge in [-0.1, -0.05) is 0 Å². The average Bonchev–Trinajstić information content (AvgIpc) is 2.50. The third-order valence-corrected chi connectivity index (χ3v) is 3.01. The minimum absolute atomic E-state index is 0.0403. The van der Waals surface area contributed by atoms with Crippen LogP contribution >= 0.6 is 11.3 Å². The lowest BCUT2D eigenvalue weighted by atomic mass is 10.3. The highest BCUT2D eigenvalue weighted by atomic mass is 32.1. The molecule has 70 valence electrons. The van der Waals surface area contributed by atoms with Gasteiger partial charge in [-0.2, -0.15) is 5.26 Å². The van der Waals surface area contributed by atoms with Crippen LogP contribution < -0.4 is 0 Å². The second-order valence-electron chi connectivity index (χ2n) is 3.08. The molecular weight excluding hydrogens is 182 g/mol. The molecule has 1 aromatic heterocycles. The smallest absolute Gasteiger partial charge is 0.0950 e. The second-order valence-corrected chi connectivity index (χ2v) is 4.02. The number of aromatic nitrogens is 1. The van der Waals surface area contributed by atoms with Crippen molar-refractivity contribution in [1.29, 1.82) is 5.26 Å². The van der Waals surface area contributed by atoms with E-state index in [1.54, 1.807) is 11.3 Å². The second kappa shape index (κ2) is 4.35. The molecule has 0 fully saturated rings. The van der Waals surface area contributed by atoms with Gasteiger partial charge in [0, 0.05) is 11.4 Å². The van der Waals surface area contributed by atoms with Crippen LogP contribution in [0.15, 0.2) is 5.51 Å². The molecule has 0 aromatic carbocycles. The molecule has 0 aliphatic heterocycles. The highest BCUT2D eigenvalue weighted by Crippen LogP contribution is 2.14. The minimum atomic E-state index is -0.0403. The fraction of sp³-hybridized carbons (Fsp3) is 0.556. The quantitative estimate of drug-likeness (QED) is 0.738. The summed E-state index contributed by atoms with van der Waals surface area (Å²) in [7, 11) is 1.95. The predicted octanol–water partition coefficient (Wildman–Crippen LogP) is 1.80. The van der Waals surface area contributed by atoms with Crippen molar-refractivity contribution in [3.05, 3.63) is 16.1 Å². The Labute approximate surface area is 82.6 Å². The molecule has 0 amide bonds. The first-order valence-electron chi connectivity index (χ1n) is 4.14. The topological polar surface area (TPSA) is 39.9 Å². The fourth-order valence-electron chi connectivity index (χ4n) is 0.940. The monoisotopic (exact) mass is 195 g/mol. The third-order valence-electron chi connectivity index (χ3n) is 2.09. The Balaban J connectivity index is 2.60. The van der Waals surface area contributed by atoms with Gasteiger partial charge < -0.3 is 0 Å². The first-order chi connectivity index (χ1) is 6.15. The van der Waals surface area contributed by atoms with Crippen LogP contribution in [0.3, 0.4) is 0 Å². The summed E-state index contributed by atoms with van der Waals surface area (Å²) in [5.74, 6) is 0. The van der Waals surface area contributed by atoms with Crippen molar-refractivity contribution in [3.63, 3.8) is 0 Å². The van der Waals surface area contributed by atoms with Gasteiger partial charge in [-0.15, -0.1) is 11.3 Å². The first kappa shape index (κ1) is 10.2. The lowest BCUT2D eigenvalue weighted by molar-refractivity contribution is 0.296. The number of nitriles is 1. The van der Waals surface area contributed by atoms with Crippen molar-refractivity contribution in [2.24, 2.45) is 0 Å². The van der Waals surface area contributed by atoms with Crippen LogP contribution in [0.5, 0.6) is 0 Å². The Morgan fingerprint density at radius 3 is 2.92 bits per heavy atom. The number of thiazole rings is 1. The summed E-state index contributed by atoms with van der Waals surface area (Å²) in [4.78, 5) is 7.42. The normalized spacial score (nSPS) is 12.8. The maximum atomic E-state index is 8.70. The summed E-state index contributed by atoms with van der Waals surface area (Å²) in [6, 6.07) is 2.17. The van der Waals surface area contributed by atoms with E-state index in [9.17, 15) is 0 Å². The van der Waals surface area contributed by atoms with E-state index in [2.05, 4.69) is 11.1 Å². The van der Waals surface area contributed by atoms with Gasteiger partial charge in [-0.3, -0.25) is 4.90 Å². The van der Waals surface area contributed by atoms with Crippen LogP contribution in [0, 0.1) is 18.3 Å². The zero-order valence-electron chi connectivity index (χ0n) is 8.11. The molecule has 0 aliphatic carbocycles. The first-order valence-corrected chi connectivity index (χ1v) is 5.02. The largest absolute Gasteiger partial charge is 0.286 e. The summed E-state index contributed by atoms with van der Waals surface area (Å²) in [5, 5.41) is 8.70. The number of rotatable bonds is 3. The summed E-state index contributed by atoms with van der Waals surface area (Å²) in [5.41, 5.74) is 2.91. The van der Waals surface area contributed by atoms with Gasteiger partial charge in [0.25, 0.3) is 0 Å². The number of hydrogen-bond donors (Lipinski definition) is 0. The van der Waals surface area contributed by atoms with Gasteiger partial charge in [-0.05, 0) is 20.9 Å². The van der Waals surface area contributed by atoms with Crippen LogP contribution in [-0.2, 0) is 6.54 Å². The van der Waals surface area contributed by atoms with E-state index in [0.29, 0.717) is 0 Å². The lowest BCUT2D eigenvalue weighted by Crippen LogP contribution is -2.26. The van der Waals surface area contributed by atoms with Gasteiger partial charge in [0.1, 0.15) is 0 Å². The van der Waals surface area contributed by atoms with E-state index in [-0.39, 0.29) is 6.04 Å². The molecule has 0 saturated carbocycles. The molecule has 1 aromatic rings. The standard InChI is InChI=1S/C9H13N3S/c1-7(4-10)12(3)5-9-8(2)11-6-13-9/h6-7H,5H2,1-3H3. The number of hydrogen-bond acceptors (Lipinski definition) is 4. The molecule has 1 heterocycles. The van der Waals surface area contributed by atoms with E-state index in [1.165, 1.54) is 4.88 Å². The minimum Gasteiger partial charge on any atom is -0.286 e. The van der Waals surface area contributed by atoms with Crippen molar-refractivity contribution >= 4 is 11.3 Å². The summed E-state index contributed by atoms with van der Waals surface area (Å²) in [6.07, 6.45) is 0. The number of nitrogens with zero attached hydrogens (tertiary/aromatic N) is 3. The van der Waals surface area contributed by atoms with Gasteiger partial charge in [0.2, 0.25) is 0 Å². The molecule has 0 saturated heterocycles. The van der Waals surface area contributed by atoms with E-state index < -0.39 is 0 Å². The fourth-order valence-corrected chi connectivity index (χ4v) is 1.78. The summed E-state index contributed by atoms with van der Waals surface area (Å²) >= 11 is 1.64. The number of aryl methyl sites for hydroxylation is 1. The maximum absolute atomic E-state index is 8.70. The molecule has 1 rings (SSSR count). The van der Waals surface area contributed by atoms with Gasteiger partial charge in [-0.25, -0.2) is 4.98 Å². The molecule has 1 atom stereocenters. The molecule has 0 aliphatic rings. The molecule has 0 radical (unpaired) electrons. The van der Waals surface area contributed by atoms with Gasteiger partial charge in [0.05, 0.1) is 23.3 Å². The van der Waals surface area contributed by atoms with Crippen molar-refractivity contribution in [2.45, 2.75) is 26.4 Å². The molecule has 0 spiro atoms. The predicted molar refractivity (Wildman–Crippen MR) is 53.4 cm³/mol. The third kappa shape index (κ3) is 2.51. The SMILES string of the molecule is Cc1ncsc1CN(C)C(C)C#N. The highest BCUT2D eigenvalue weighted by Gasteiger charge is 2.10. The molecule has 3 nitrogen and oxygen atoms in total. The zero-order chi connectivity index (χ0) is 9.84. The van der Waals surface area contributed by atoms with Crippen molar-refractivity contribution in [3.8, 4) is 6.07 Å². The molecule has 4 heteroatoms.